The van der Waals surface area contributed by atoms with E-state index in [2.05, 4.69) is 45.5 Å². The van der Waals surface area contributed by atoms with Crippen LogP contribution in [-0.2, 0) is 11.2 Å². The SMILES string of the molecule is Brc1ccc(CC(CNC2CC2)CC2CCCO2)cc1. The lowest BCUT2D eigenvalue weighted by Crippen LogP contribution is -2.28. The zero-order chi connectivity index (χ0) is 13.8. The third-order valence-electron chi connectivity index (χ3n) is 4.33. The summed E-state index contributed by atoms with van der Waals surface area (Å²) >= 11 is 3.51. The van der Waals surface area contributed by atoms with E-state index < -0.39 is 0 Å². The van der Waals surface area contributed by atoms with Gasteiger partial charge in [-0.1, -0.05) is 28.1 Å². The summed E-state index contributed by atoms with van der Waals surface area (Å²) < 4.78 is 6.99. The summed E-state index contributed by atoms with van der Waals surface area (Å²) in [6, 6.07) is 9.57. The van der Waals surface area contributed by atoms with Gasteiger partial charge in [0, 0.05) is 17.1 Å². The Morgan fingerprint density at radius 1 is 1.20 bits per heavy atom. The lowest BCUT2D eigenvalue weighted by atomic mass is 9.92. The molecule has 1 aliphatic carbocycles. The number of ether oxygens (including phenoxy) is 1. The van der Waals surface area contributed by atoms with Gasteiger partial charge < -0.3 is 10.1 Å². The average molecular weight is 338 g/mol. The van der Waals surface area contributed by atoms with Crippen LogP contribution in [0.1, 0.15) is 37.7 Å². The summed E-state index contributed by atoms with van der Waals surface area (Å²) in [6.07, 6.45) is 8.08. The van der Waals surface area contributed by atoms with Crippen molar-refractivity contribution < 1.29 is 4.74 Å². The van der Waals surface area contributed by atoms with E-state index in [4.69, 9.17) is 4.74 Å². The molecule has 2 fully saturated rings. The van der Waals surface area contributed by atoms with Gasteiger partial charge in [-0.3, -0.25) is 0 Å². The highest BCUT2D eigenvalue weighted by Crippen LogP contribution is 2.25. The van der Waals surface area contributed by atoms with E-state index >= 15 is 0 Å². The maximum Gasteiger partial charge on any atom is 0.0579 e. The standard InChI is InChI=1S/C17H24BrNO/c18-15-5-3-13(4-6-15)10-14(12-19-16-7-8-16)11-17-2-1-9-20-17/h3-6,14,16-17,19H,1-2,7-12H2. The van der Waals surface area contributed by atoms with Gasteiger partial charge in [-0.25, -0.2) is 0 Å². The molecule has 3 heteroatoms. The van der Waals surface area contributed by atoms with Gasteiger partial charge in [-0.2, -0.15) is 0 Å². The van der Waals surface area contributed by atoms with Crippen molar-refractivity contribution in [2.45, 2.75) is 50.7 Å². The minimum Gasteiger partial charge on any atom is -0.378 e. The van der Waals surface area contributed by atoms with Crippen LogP contribution in [0.4, 0.5) is 0 Å². The fourth-order valence-corrected chi connectivity index (χ4v) is 3.28. The molecule has 0 radical (unpaired) electrons. The molecule has 1 aliphatic heterocycles. The van der Waals surface area contributed by atoms with E-state index in [0.29, 0.717) is 12.0 Å². The maximum atomic E-state index is 5.83. The van der Waals surface area contributed by atoms with Crippen molar-refractivity contribution in [3.63, 3.8) is 0 Å². The second kappa shape index (κ2) is 7.06. The van der Waals surface area contributed by atoms with Crippen LogP contribution in [0.25, 0.3) is 0 Å². The first-order valence-electron chi connectivity index (χ1n) is 7.89. The van der Waals surface area contributed by atoms with Crippen molar-refractivity contribution >= 4 is 15.9 Å². The predicted molar refractivity (Wildman–Crippen MR) is 86.0 cm³/mol. The summed E-state index contributed by atoms with van der Waals surface area (Å²) in [6.45, 7) is 2.10. The van der Waals surface area contributed by atoms with E-state index in [0.717, 1.165) is 30.1 Å². The van der Waals surface area contributed by atoms with E-state index in [1.54, 1.807) is 0 Å². The van der Waals surface area contributed by atoms with Crippen LogP contribution in [0.5, 0.6) is 0 Å². The normalized spacial score (nSPS) is 23.9. The van der Waals surface area contributed by atoms with Gasteiger partial charge in [-0.05, 0) is 68.7 Å². The highest BCUT2D eigenvalue weighted by Gasteiger charge is 2.25. The average Bonchev–Trinajstić information content (AvgIpc) is 3.15. The second-order valence-corrected chi connectivity index (χ2v) is 7.17. The summed E-state index contributed by atoms with van der Waals surface area (Å²) in [7, 11) is 0. The molecule has 2 atom stereocenters. The van der Waals surface area contributed by atoms with Crippen LogP contribution in [0.2, 0.25) is 0 Å². The van der Waals surface area contributed by atoms with Gasteiger partial charge in [0.1, 0.15) is 0 Å². The zero-order valence-corrected chi connectivity index (χ0v) is 13.6. The van der Waals surface area contributed by atoms with Gasteiger partial charge in [0.2, 0.25) is 0 Å². The first-order chi connectivity index (χ1) is 9.79. The fourth-order valence-electron chi connectivity index (χ4n) is 3.02. The molecule has 2 nitrogen and oxygen atoms in total. The minimum absolute atomic E-state index is 0.497. The van der Waals surface area contributed by atoms with Gasteiger partial charge in [0.05, 0.1) is 6.10 Å². The molecule has 1 N–H and O–H groups in total. The van der Waals surface area contributed by atoms with Crippen molar-refractivity contribution in [1.82, 2.24) is 5.32 Å². The molecular formula is C17H24BrNO. The number of hydrogen-bond donors (Lipinski definition) is 1. The smallest absolute Gasteiger partial charge is 0.0579 e. The van der Waals surface area contributed by atoms with Gasteiger partial charge in [0.15, 0.2) is 0 Å². The highest BCUT2D eigenvalue weighted by molar-refractivity contribution is 9.10. The van der Waals surface area contributed by atoms with Crippen molar-refractivity contribution in [3.05, 3.63) is 34.3 Å². The van der Waals surface area contributed by atoms with E-state index in [-0.39, 0.29) is 0 Å². The number of rotatable bonds is 7. The summed E-state index contributed by atoms with van der Waals surface area (Å²) in [5.74, 6) is 0.694. The summed E-state index contributed by atoms with van der Waals surface area (Å²) in [4.78, 5) is 0. The quantitative estimate of drug-likeness (QED) is 0.813. The molecule has 2 unspecified atom stereocenters. The third kappa shape index (κ3) is 4.57. The van der Waals surface area contributed by atoms with Crippen LogP contribution < -0.4 is 5.32 Å². The topological polar surface area (TPSA) is 21.3 Å². The Labute approximate surface area is 130 Å². The third-order valence-corrected chi connectivity index (χ3v) is 4.86. The number of halogens is 1. The molecule has 3 rings (SSSR count). The van der Waals surface area contributed by atoms with Crippen LogP contribution in [0, 0.1) is 5.92 Å². The van der Waals surface area contributed by atoms with E-state index in [1.807, 2.05) is 0 Å². The Balaban J connectivity index is 1.55. The molecule has 20 heavy (non-hydrogen) atoms. The molecule has 0 amide bonds. The Hall–Kier alpha value is -0.380. The lowest BCUT2D eigenvalue weighted by Gasteiger charge is -2.21. The molecule has 0 aromatic heterocycles. The fraction of sp³-hybridized carbons (Fsp3) is 0.647. The molecule has 1 saturated heterocycles. The van der Waals surface area contributed by atoms with Gasteiger partial charge >= 0.3 is 0 Å². The summed E-state index contributed by atoms with van der Waals surface area (Å²) in [5, 5.41) is 3.70. The molecule has 2 aliphatic rings. The van der Waals surface area contributed by atoms with Crippen LogP contribution >= 0.6 is 15.9 Å². The molecule has 110 valence electrons. The van der Waals surface area contributed by atoms with Crippen LogP contribution in [-0.4, -0.2) is 25.3 Å². The van der Waals surface area contributed by atoms with E-state index in [1.165, 1.54) is 37.7 Å². The maximum absolute atomic E-state index is 5.83. The van der Waals surface area contributed by atoms with Gasteiger partial charge in [-0.15, -0.1) is 0 Å². The predicted octanol–water partition coefficient (Wildman–Crippen LogP) is 3.93. The Morgan fingerprint density at radius 3 is 2.65 bits per heavy atom. The molecule has 0 bridgehead atoms. The Bertz CT molecular complexity index is 410. The monoisotopic (exact) mass is 337 g/mol. The van der Waals surface area contributed by atoms with Crippen molar-refractivity contribution in [3.8, 4) is 0 Å². The number of hydrogen-bond acceptors (Lipinski definition) is 2. The molecule has 0 spiro atoms. The zero-order valence-electron chi connectivity index (χ0n) is 12.0. The Kier molecular flexibility index (Phi) is 5.14. The van der Waals surface area contributed by atoms with Crippen molar-refractivity contribution in [2.75, 3.05) is 13.2 Å². The summed E-state index contributed by atoms with van der Waals surface area (Å²) in [5.41, 5.74) is 1.44. The minimum atomic E-state index is 0.497. The first-order valence-corrected chi connectivity index (χ1v) is 8.68. The molecular weight excluding hydrogens is 314 g/mol. The number of benzene rings is 1. The molecule has 1 saturated carbocycles. The second-order valence-electron chi connectivity index (χ2n) is 6.25. The van der Waals surface area contributed by atoms with Crippen LogP contribution in [0.3, 0.4) is 0 Å². The lowest BCUT2D eigenvalue weighted by molar-refractivity contribution is 0.0892. The Morgan fingerprint density at radius 2 is 2.00 bits per heavy atom. The van der Waals surface area contributed by atoms with Gasteiger partial charge in [0.25, 0.3) is 0 Å². The van der Waals surface area contributed by atoms with Crippen molar-refractivity contribution in [1.29, 1.82) is 0 Å². The first kappa shape index (κ1) is 14.6. The molecule has 1 aromatic carbocycles. The molecule has 1 heterocycles. The van der Waals surface area contributed by atoms with Crippen LogP contribution in [0.15, 0.2) is 28.7 Å². The molecule has 1 aromatic rings. The highest BCUT2D eigenvalue weighted by atomic mass is 79.9. The van der Waals surface area contributed by atoms with Crippen molar-refractivity contribution in [2.24, 2.45) is 5.92 Å². The van der Waals surface area contributed by atoms with E-state index in [9.17, 15) is 0 Å². The number of nitrogens with one attached hydrogen (secondary N) is 1. The largest absolute Gasteiger partial charge is 0.378 e.